The minimum absolute atomic E-state index is 0.0690. The van der Waals surface area contributed by atoms with Gasteiger partial charge in [-0.1, -0.05) is 6.07 Å². The van der Waals surface area contributed by atoms with Crippen LogP contribution in [0.5, 0.6) is 0 Å². The van der Waals surface area contributed by atoms with Crippen molar-refractivity contribution >= 4 is 33.2 Å². The Hall–Kier alpha value is -2.32. The molecule has 1 aliphatic heterocycles. The first-order valence-electron chi connectivity index (χ1n) is 9.62. The molecule has 1 aromatic carbocycles. The van der Waals surface area contributed by atoms with Crippen molar-refractivity contribution in [3.05, 3.63) is 66.1 Å². The van der Waals surface area contributed by atoms with Crippen molar-refractivity contribution in [3.8, 4) is 0 Å². The molecule has 3 heterocycles. The number of thioether (sulfide) groups is 1. The molecule has 0 saturated carbocycles. The number of hydrogen-bond acceptors (Lipinski definition) is 5. The lowest BCUT2D eigenvalue weighted by molar-refractivity contribution is 0.0708. The van der Waals surface area contributed by atoms with Gasteiger partial charge in [0.15, 0.2) is 9.84 Å². The molecule has 152 valence electrons. The number of imidazole rings is 1. The average molecular weight is 430 g/mol. The summed E-state index contributed by atoms with van der Waals surface area (Å²) in [4.78, 5) is 20.2. The number of amides is 1. The van der Waals surface area contributed by atoms with Gasteiger partial charge in [0.25, 0.3) is 5.91 Å². The highest BCUT2D eigenvalue weighted by Crippen LogP contribution is 2.25. The number of rotatable bonds is 6. The Morgan fingerprint density at radius 2 is 2.03 bits per heavy atom. The summed E-state index contributed by atoms with van der Waals surface area (Å²) in [7, 11) is -3.02. The first kappa shape index (κ1) is 20.0. The number of nitrogens with zero attached hydrogens (tertiary/aromatic N) is 3. The molecule has 29 heavy (non-hydrogen) atoms. The van der Waals surface area contributed by atoms with Crippen LogP contribution in [0.25, 0.3) is 5.65 Å². The van der Waals surface area contributed by atoms with Crippen LogP contribution in [0.4, 0.5) is 0 Å². The molecule has 3 aromatic rings. The SMILES string of the molecule is CCN(C(=O)c1ccc(SCc2cn3ccccc3n2)cc1)[C@H]1CCS(=O)(=O)C1. The second-order valence-electron chi connectivity index (χ2n) is 7.16. The smallest absolute Gasteiger partial charge is 0.254 e. The third kappa shape index (κ3) is 4.48. The van der Waals surface area contributed by atoms with Crippen LogP contribution in [-0.4, -0.2) is 52.7 Å². The Kier molecular flexibility index (Phi) is 5.65. The number of sulfone groups is 1. The molecule has 1 saturated heterocycles. The summed E-state index contributed by atoms with van der Waals surface area (Å²) in [6.45, 7) is 2.39. The van der Waals surface area contributed by atoms with Crippen LogP contribution in [0.15, 0.2) is 59.8 Å². The lowest BCUT2D eigenvalue weighted by Gasteiger charge is -2.27. The Bertz CT molecular complexity index is 1090. The van der Waals surface area contributed by atoms with Crippen LogP contribution in [0.2, 0.25) is 0 Å². The molecule has 1 atom stereocenters. The lowest BCUT2D eigenvalue weighted by atomic mass is 10.1. The number of aromatic nitrogens is 2. The third-order valence-electron chi connectivity index (χ3n) is 5.15. The number of pyridine rings is 1. The fourth-order valence-corrected chi connectivity index (χ4v) is 6.18. The Labute approximate surface area is 174 Å². The summed E-state index contributed by atoms with van der Waals surface area (Å²) in [5.74, 6) is 0.877. The molecule has 4 rings (SSSR count). The third-order valence-corrected chi connectivity index (χ3v) is 7.95. The van der Waals surface area contributed by atoms with Crippen LogP contribution >= 0.6 is 11.8 Å². The monoisotopic (exact) mass is 429 g/mol. The van der Waals surface area contributed by atoms with Gasteiger partial charge in [-0.15, -0.1) is 11.8 Å². The van der Waals surface area contributed by atoms with E-state index in [0.29, 0.717) is 18.5 Å². The predicted molar refractivity (Wildman–Crippen MR) is 115 cm³/mol. The fourth-order valence-electron chi connectivity index (χ4n) is 3.66. The molecule has 6 nitrogen and oxygen atoms in total. The van der Waals surface area contributed by atoms with Gasteiger partial charge in [0.2, 0.25) is 0 Å². The second-order valence-corrected chi connectivity index (χ2v) is 10.4. The molecular formula is C21H23N3O3S2. The van der Waals surface area contributed by atoms with E-state index >= 15 is 0 Å². The highest BCUT2D eigenvalue weighted by Gasteiger charge is 2.34. The van der Waals surface area contributed by atoms with Crippen molar-refractivity contribution in [2.24, 2.45) is 0 Å². The standard InChI is InChI=1S/C21H23N3O3S2/c1-2-24(18-10-12-29(26,27)15-18)21(25)16-6-8-19(9-7-16)28-14-17-13-23-11-4-3-5-20(23)22-17/h3-9,11,13,18H,2,10,12,14-15H2,1H3/t18-/m0/s1. The van der Waals surface area contributed by atoms with E-state index in [1.807, 2.05) is 66.2 Å². The molecule has 0 aliphatic carbocycles. The van der Waals surface area contributed by atoms with Crippen molar-refractivity contribution in [1.82, 2.24) is 14.3 Å². The van der Waals surface area contributed by atoms with Crippen LogP contribution in [0.3, 0.4) is 0 Å². The Morgan fingerprint density at radius 1 is 1.24 bits per heavy atom. The number of fused-ring (bicyclic) bond motifs is 1. The van der Waals surface area contributed by atoms with Gasteiger partial charge in [0.1, 0.15) is 5.65 Å². The first-order chi connectivity index (χ1) is 13.9. The maximum absolute atomic E-state index is 12.9. The maximum Gasteiger partial charge on any atom is 0.254 e. The van der Waals surface area contributed by atoms with Crippen molar-refractivity contribution in [3.63, 3.8) is 0 Å². The van der Waals surface area contributed by atoms with E-state index in [9.17, 15) is 13.2 Å². The molecule has 1 fully saturated rings. The average Bonchev–Trinajstić information content (AvgIpc) is 3.29. The first-order valence-corrected chi connectivity index (χ1v) is 12.4. The van der Waals surface area contributed by atoms with Crippen LogP contribution in [0, 0.1) is 0 Å². The summed E-state index contributed by atoms with van der Waals surface area (Å²) in [6.07, 6.45) is 4.52. The van der Waals surface area contributed by atoms with E-state index in [-0.39, 0.29) is 23.5 Å². The molecule has 0 radical (unpaired) electrons. The summed E-state index contributed by atoms with van der Waals surface area (Å²) in [6, 6.07) is 13.2. The van der Waals surface area contributed by atoms with Crippen LogP contribution < -0.4 is 0 Å². The summed E-state index contributed by atoms with van der Waals surface area (Å²) in [5, 5.41) is 0. The van der Waals surface area contributed by atoms with Crippen molar-refractivity contribution < 1.29 is 13.2 Å². The van der Waals surface area contributed by atoms with Crippen molar-refractivity contribution in [2.75, 3.05) is 18.1 Å². The number of hydrogen-bond donors (Lipinski definition) is 0. The number of carbonyl (C=O) groups is 1. The van der Waals surface area contributed by atoms with Gasteiger partial charge >= 0.3 is 0 Å². The van der Waals surface area contributed by atoms with Crippen LogP contribution in [-0.2, 0) is 15.6 Å². The van der Waals surface area contributed by atoms with E-state index in [0.717, 1.165) is 22.0 Å². The molecule has 1 aliphatic rings. The van der Waals surface area contributed by atoms with Gasteiger partial charge in [-0.25, -0.2) is 13.4 Å². The quantitative estimate of drug-likeness (QED) is 0.563. The molecule has 1 amide bonds. The zero-order chi connectivity index (χ0) is 20.4. The molecule has 0 N–H and O–H groups in total. The normalized spacial score (nSPS) is 18.2. The summed E-state index contributed by atoms with van der Waals surface area (Å²) in [5.41, 5.74) is 2.52. The molecule has 0 unspecified atom stereocenters. The van der Waals surface area contributed by atoms with Gasteiger partial charge in [0.05, 0.1) is 17.2 Å². The fraction of sp³-hybridized carbons (Fsp3) is 0.333. The van der Waals surface area contributed by atoms with Crippen molar-refractivity contribution in [1.29, 1.82) is 0 Å². The largest absolute Gasteiger partial charge is 0.335 e. The summed E-state index contributed by atoms with van der Waals surface area (Å²) < 4.78 is 25.5. The van der Waals surface area contributed by atoms with E-state index in [1.165, 1.54) is 0 Å². The predicted octanol–water partition coefficient (Wildman–Crippen LogP) is 3.28. The molecular weight excluding hydrogens is 406 g/mol. The second kappa shape index (κ2) is 8.20. The number of benzene rings is 1. The van der Waals surface area contributed by atoms with Gasteiger partial charge < -0.3 is 9.30 Å². The van der Waals surface area contributed by atoms with Crippen molar-refractivity contribution in [2.45, 2.75) is 30.0 Å². The molecule has 2 aromatic heterocycles. The molecule has 0 bridgehead atoms. The van der Waals surface area contributed by atoms with E-state index in [1.54, 1.807) is 16.7 Å². The van der Waals surface area contributed by atoms with Crippen LogP contribution in [0.1, 0.15) is 29.4 Å². The van der Waals surface area contributed by atoms with Gasteiger partial charge in [-0.05, 0) is 49.7 Å². The Balaban J connectivity index is 1.40. The van der Waals surface area contributed by atoms with Gasteiger partial charge in [0, 0.05) is 41.2 Å². The van der Waals surface area contributed by atoms with Gasteiger partial charge in [-0.3, -0.25) is 4.79 Å². The topological polar surface area (TPSA) is 71.8 Å². The van der Waals surface area contributed by atoms with E-state index in [2.05, 4.69) is 4.98 Å². The summed E-state index contributed by atoms with van der Waals surface area (Å²) >= 11 is 1.67. The maximum atomic E-state index is 12.9. The Morgan fingerprint density at radius 3 is 2.69 bits per heavy atom. The van der Waals surface area contributed by atoms with Gasteiger partial charge in [-0.2, -0.15) is 0 Å². The molecule has 0 spiro atoms. The zero-order valence-electron chi connectivity index (χ0n) is 16.2. The highest BCUT2D eigenvalue weighted by atomic mass is 32.2. The lowest BCUT2D eigenvalue weighted by Crippen LogP contribution is -2.40. The minimum Gasteiger partial charge on any atom is -0.335 e. The highest BCUT2D eigenvalue weighted by molar-refractivity contribution is 7.98. The number of carbonyl (C=O) groups excluding carboxylic acids is 1. The zero-order valence-corrected chi connectivity index (χ0v) is 17.8. The molecule has 8 heteroatoms. The van der Waals surface area contributed by atoms with E-state index < -0.39 is 9.84 Å². The van der Waals surface area contributed by atoms with E-state index in [4.69, 9.17) is 0 Å². The minimum atomic E-state index is -3.02.